The molecule has 0 aromatic rings. The third kappa shape index (κ3) is 4.87. The Bertz CT molecular complexity index is 335. The van der Waals surface area contributed by atoms with Crippen molar-refractivity contribution in [3.05, 3.63) is 0 Å². The van der Waals surface area contributed by atoms with Crippen molar-refractivity contribution in [1.82, 2.24) is 4.31 Å². The van der Waals surface area contributed by atoms with Crippen LogP contribution < -0.4 is 0 Å². The molecule has 1 aliphatic rings. The summed E-state index contributed by atoms with van der Waals surface area (Å²) >= 11 is 3.41. The largest absolute Gasteiger partial charge is 0.214 e. The Balaban J connectivity index is 2.69. The van der Waals surface area contributed by atoms with Crippen molar-refractivity contribution in [2.75, 3.05) is 17.6 Å². The minimum Gasteiger partial charge on any atom is -0.212 e. The van der Waals surface area contributed by atoms with Crippen LogP contribution in [0.1, 0.15) is 46.5 Å². The first kappa shape index (κ1) is 15.4. The van der Waals surface area contributed by atoms with Gasteiger partial charge in [0.15, 0.2) is 0 Å². The fourth-order valence-corrected chi connectivity index (χ4v) is 5.06. The van der Waals surface area contributed by atoms with Crippen molar-refractivity contribution in [3.63, 3.8) is 0 Å². The minimum atomic E-state index is -3.08. The predicted molar refractivity (Wildman–Crippen MR) is 76.0 cm³/mol. The third-order valence-corrected chi connectivity index (χ3v) is 5.95. The molecule has 1 fully saturated rings. The highest BCUT2D eigenvalue weighted by Crippen LogP contribution is 2.28. The summed E-state index contributed by atoms with van der Waals surface area (Å²) in [7, 11) is -3.08. The van der Waals surface area contributed by atoms with Gasteiger partial charge in [0.2, 0.25) is 10.0 Å². The van der Waals surface area contributed by atoms with Crippen LogP contribution in [0, 0.1) is 5.41 Å². The van der Waals surface area contributed by atoms with Crippen LogP contribution in [0.2, 0.25) is 0 Å². The maximum atomic E-state index is 12.3. The molecule has 0 spiro atoms. The van der Waals surface area contributed by atoms with Crippen LogP contribution in [-0.2, 0) is 10.0 Å². The predicted octanol–water partition coefficient (Wildman–Crippen LogP) is 3.00. The fourth-order valence-electron chi connectivity index (χ4n) is 2.41. The maximum absolute atomic E-state index is 12.3. The lowest BCUT2D eigenvalue weighted by Crippen LogP contribution is -2.40. The van der Waals surface area contributed by atoms with E-state index in [1.807, 2.05) is 20.8 Å². The van der Waals surface area contributed by atoms with Gasteiger partial charge < -0.3 is 0 Å². The molecule has 0 aromatic heterocycles. The van der Waals surface area contributed by atoms with E-state index in [2.05, 4.69) is 15.9 Å². The van der Waals surface area contributed by atoms with E-state index in [4.69, 9.17) is 0 Å². The van der Waals surface area contributed by atoms with Crippen molar-refractivity contribution in [3.8, 4) is 0 Å². The quantitative estimate of drug-likeness (QED) is 0.728. The van der Waals surface area contributed by atoms with Gasteiger partial charge in [-0.3, -0.25) is 0 Å². The second-order valence-corrected chi connectivity index (χ2v) is 8.77. The summed E-state index contributed by atoms with van der Waals surface area (Å²) in [5.74, 6) is 0.255. The topological polar surface area (TPSA) is 37.4 Å². The second kappa shape index (κ2) is 6.02. The zero-order valence-corrected chi connectivity index (χ0v) is 13.5. The van der Waals surface area contributed by atoms with Gasteiger partial charge in [0.1, 0.15) is 0 Å². The monoisotopic (exact) mass is 325 g/mol. The zero-order chi connectivity index (χ0) is 13.1. The molecule has 5 heteroatoms. The van der Waals surface area contributed by atoms with E-state index in [0.717, 1.165) is 31.0 Å². The van der Waals surface area contributed by atoms with Crippen molar-refractivity contribution < 1.29 is 8.42 Å². The highest BCUT2D eigenvalue weighted by molar-refractivity contribution is 9.09. The van der Waals surface area contributed by atoms with E-state index in [1.165, 1.54) is 0 Å². The molecular weight excluding hydrogens is 302 g/mol. The molecule has 1 aliphatic heterocycles. The highest BCUT2D eigenvalue weighted by Gasteiger charge is 2.35. The Morgan fingerprint density at radius 2 is 2.00 bits per heavy atom. The van der Waals surface area contributed by atoms with E-state index < -0.39 is 10.0 Å². The van der Waals surface area contributed by atoms with Gasteiger partial charge in [-0.1, -0.05) is 36.7 Å². The lowest BCUT2D eigenvalue weighted by Gasteiger charge is -2.28. The summed E-state index contributed by atoms with van der Waals surface area (Å²) in [6, 6.07) is 0.236. The van der Waals surface area contributed by atoms with Crippen LogP contribution in [0.3, 0.4) is 0 Å². The summed E-state index contributed by atoms with van der Waals surface area (Å²) in [5.41, 5.74) is -0.165. The SMILES string of the molecule is CC(C)(C)CS(=O)(=O)N1CCCC1CCCBr. The first-order valence-corrected chi connectivity index (χ1v) is 9.05. The molecular formula is C12H24BrNO2S. The second-order valence-electron chi connectivity index (χ2n) is 6.05. The van der Waals surface area contributed by atoms with E-state index in [1.54, 1.807) is 4.31 Å². The molecule has 1 unspecified atom stereocenters. The van der Waals surface area contributed by atoms with Gasteiger partial charge in [-0.15, -0.1) is 0 Å². The van der Waals surface area contributed by atoms with Crippen molar-refractivity contribution in [2.45, 2.75) is 52.5 Å². The van der Waals surface area contributed by atoms with Crippen molar-refractivity contribution in [2.24, 2.45) is 5.41 Å². The molecule has 0 bridgehead atoms. The summed E-state index contributed by atoms with van der Waals surface area (Å²) in [6.07, 6.45) is 4.06. The minimum absolute atomic E-state index is 0.165. The van der Waals surface area contributed by atoms with Gasteiger partial charge in [0.05, 0.1) is 5.75 Å². The van der Waals surface area contributed by atoms with Gasteiger partial charge in [0, 0.05) is 17.9 Å². The van der Waals surface area contributed by atoms with Crippen LogP contribution in [-0.4, -0.2) is 36.4 Å². The molecule has 17 heavy (non-hydrogen) atoms. The van der Waals surface area contributed by atoms with Crippen LogP contribution >= 0.6 is 15.9 Å². The Morgan fingerprint density at radius 1 is 1.35 bits per heavy atom. The molecule has 1 atom stereocenters. The Labute approximate surface area is 114 Å². The first-order valence-electron chi connectivity index (χ1n) is 6.32. The summed E-state index contributed by atoms with van der Waals surface area (Å²) in [4.78, 5) is 0. The van der Waals surface area contributed by atoms with Crippen molar-refractivity contribution in [1.29, 1.82) is 0 Å². The number of hydrogen-bond donors (Lipinski definition) is 0. The molecule has 1 rings (SSSR count). The molecule has 1 heterocycles. The highest BCUT2D eigenvalue weighted by atomic mass is 79.9. The van der Waals surface area contributed by atoms with E-state index in [0.29, 0.717) is 6.54 Å². The lowest BCUT2D eigenvalue weighted by molar-refractivity contribution is 0.356. The summed E-state index contributed by atoms with van der Waals surface area (Å²) in [6.45, 7) is 6.65. The standard InChI is InChI=1S/C12H24BrNO2S/c1-12(2,3)10-17(15,16)14-9-5-7-11(14)6-4-8-13/h11H,4-10H2,1-3H3. The van der Waals surface area contributed by atoms with Crippen molar-refractivity contribution >= 4 is 26.0 Å². The van der Waals surface area contributed by atoms with Crippen LogP contribution in [0.25, 0.3) is 0 Å². The van der Waals surface area contributed by atoms with Gasteiger partial charge in [-0.25, -0.2) is 8.42 Å². The number of hydrogen-bond acceptors (Lipinski definition) is 2. The van der Waals surface area contributed by atoms with Gasteiger partial charge >= 0.3 is 0 Å². The first-order chi connectivity index (χ1) is 7.76. The van der Waals surface area contributed by atoms with E-state index in [9.17, 15) is 8.42 Å². The number of alkyl halides is 1. The van der Waals surface area contributed by atoms with Gasteiger partial charge in [-0.05, 0) is 31.1 Å². The van der Waals surface area contributed by atoms with Crippen LogP contribution in [0.15, 0.2) is 0 Å². The van der Waals surface area contributed by atoms with E-state index in [-0.39, 0.29) is 17.2 Å². The van der Waals surface area contributed by atoms with Gasteiger partial charge in [-0.2, -0.15) is 4.31 Å². The smallest absolute Gasteiger partial charge is 0.212 e. The summed E-state index contributed by atoms with van der Waals surface area (Å²) in [5, 5.41) is 0.955. The van der Waals surface area contributed by atoms with E-state index >= 15 is 0 Å². The average molecular weight is 326 g/mol. The normalized spacial score (nSPS) is 23.2. The third-order valence-electron chi connectivity index (χ3n) is 2.97. The molecule has 1 saturated heterocycles. The average Bonchev–Trinajstić information content (AvgIpc) is 2.59. The Kier molecular flexibility index (Phi) is 5.47. The molecule has 0 saturated carbocycles. The number of halogens is 1. The molecule has 102 valence electrons. The molecule has 0 aliphatic carbocycles. The molecule has 0 radical (unpaired) electrons. The van der Waals surface area contributed by atoms with Gasteiger partial charge in [0.25, 0.3) is 0 Å². The number of nitrogens with zero attached hydrogens (tertiary/aromatic N) is 1. The molecule has 0 aromatic carbocycles. The maximum Gasteiger partial charge on any atom is 0.214 e. The zero-order valence-electron chi connectivity index (χ0n) is 11.1. The lowest BCUT2D eigenvalue weighted by atomic mass is 10.0. The number of sulfonamides is 1. The molecule has 3 nitrogen and oxygen atoms in total. The molecule has 0 amide bonds. The Morgan fingerprint density at radius 3 is 2.53 bits per heavy atom. The van der Waals surface area contributed by atoms with Crippen LogP contribution in [0.5, 0.6) is 0 Å². The Hall–Kier alpha value is 0.390. The number of rotatable bonds is 5. The molecule has 0 N–H and O–H groups in total. The fraction of sp³-hybridized carbons (Fsp3) is 1.00. The van der Waals surface area contributed by atoms with Crippen LogP contribution in [0.4, 0.5) is 0 Å². The summed E-state index contributed by atoms with van der Waals surface area (Å²) < 4.78 is 26.4.